The van der Waals surface area contributed by atoms with Crippen LogP contribution >= 0.6 is 11.6 Å². The number of hydrogen-bond acceptors (Lipinski definition) is 4. The minimum atomic E-state index is -0.594. The lowest BCUT2D eigenvalue weighted by atomic mass is 9.84. The van der Waals surface area contributed by atoms with Crippen molar-refractivity contribution in [2.75, 3.05) is 0 Å². The number of hydrogen-bond donors (Lipinski definition) is 1. The van der Waals surface area contributed by atoms with Gasteiger partial charge >= 0.3 is 0 Å². The van der Waals surface area contributed by atoms with E-state index in [2.05, 4.69) is 13.0 Å². The second-order valence-electron chi connectivity index (χ2n) is 6.19. The number of nitriles is 1. The van der Waals surface area contributed by atoms with E-state index in [1.807, 2.05) is 19.1 Å². The molecule has 0 spiro atoms. The van der Waals surface area contributed by atoms with E-state index >= 15 is 0 Å². The average molecular weight is 370 g/mol. The lowest BCUT2D eigenvalue weighted by Gasteiger charge is -2.27. The van der Waals surface area contributed by atoms with Crippen LogP contribution < -0.4 is 16.0 Å². The Morgan fingerprint density at radius 2 is 2.12 bits per heavy atom. The fraction of sp³-hybridized carbons (Fsp3) is 0.300. The summed E-state index contributed by atoms with van der Waals surface area (Å²) in [6, 6.07) is 11.1. The summed E-state index contributed by atoms with van der Waals surface area (Å²) < 4.78 is 7.41. The Balaban J connectivity index is 2.32. The Hall–Kier alpha value is -2.71. The molecule has 1 unspecified atom stereocenters. The van der Waals surface area contributed by atoms with Gasteiger partial charge in [0.1, 0.15) is 17.4 Å². The predicted octanol–water partition coefficient (Wildman–Crippen LogP) is 3.69. The van der Waals surface area contributed by atoms with Crippen LogP contribution in [-0.2, 0) is 13.0 Å². The lowest BCUT2D eigenvalue weighted by molar-refractivity contribution is 0.388. The third-order valence-electron chi connectivity index (χ3n) is 4.57. The molecule has 0 bridgehead atoms. The molecule has 2 aromatic rings. The van der Waals surface area contributed by atoms with Crippen LogP contribution in [0.2, 0.25) is 5.02 Å². The lowest BCUT2D eigenvalue weighted by Crippen LogP contribution is -2.33. The van der Waals surface area contributed by atoms with Crippen molar-refractivity contribution in [3.8, 4) is 11.8 Å². The molecule has 5 nitrogen and oxygen atoms in total. The normalized spacial score (nSPS) is 16.0. The molecular weight excluding hydrogens is 350 g/mol. The Kier molecular flexibility index (Phi) is 5.06. The van der Waals surface area contributed by atoms with Gasteiger partial charge in [-0.1, -0.05) is 37.1 Å². The highest BCUT2D eigenvalue weighted by Crippen LogP contribution is 2.41. The number of aryl methyl sites for hydroxylation is 1. The van der Waals surface area contributed by atoms with Crippen LogP contribution in [0, 0.1) is 11.3 Å². The number of nitrogens with two attached hydrogens (primary N) is 1. The molecule has 0 amide bonds. The first-order valence-electron chi connectivity index (χ1n) is 8.61. The third-order valence-corrected chi connectivity index (χ3v) is 4.81. The molecular formula is C20H20ClN3O2. The number of fused-ring (bicyclic) bond motifs is 1. The first-order chi connectivity index (χ1) is 12.5. The topological polar surface area (TPSA) is 81.0 Å². The van der Waals surface area contributed by atoms with Crippen molar-refractivity contribution in [1.82, 2.24) is 4.57 Å². The maximum Gasteiger partial charge on any atom is 0.258 e. The van der Waals surface area contributed by atoms with Gasteiger partial charge < -0.3 is 15.0 Å². The largest absolute Gasteiger partial charge is 0.440 e. The van der Waals surface area contributed by atoms with Gasteiger partial charge in [-0.2, -0.15) is 5.26 Å². The molecule has 0 fully saturated rings. The zero-order chi connectivity index (χ0) is 18.8. The van der Waals surface area contributed by atoms with Gasteiger partial charge in [-0.3, -0.25) is 4.79 Å². The maximum atomic E-state index is 13.3. The van der Waals surface area contributed by atoms with E-state index in [-0.39, 0.29) is 17.0 Å². The van der Waals surface area contributed by atoms with Gasteiger partial charge in [0.2, 0.25) is 5.88 Å². The fourth-order valence-electron chi connectivity index (χ4n) is 3.45. The number of ether oxygens (including phenoxy) is 1. The van der Waals surface area contributed by atoms with E-state index in [0.29, 0.717) is 22.9 Å². The first kappa shape index (κ1) is 18.1. The van der Waals surface area contributed by atoms with Crippen molar-refractivity contribution in [3.63, 3.8) is 0 Å². The smallest absolute Gasteiger partial charge is 0.258 e. The summed E-state index contributed by atoms with van der Waals surface area (Å²) in [6.45, 7) is 4.53. The summed E-state index contributed by atoms with van der Waals surface area (Å²) >= 11 is 6.14. The molecule has 1 aliphatic rings. The molecule has 26 heavy (non-hydrogen) atoms. The average Bonchev–Trinajstić information content (AvgIpc) is 2.61. The summed E-state index contributed by atoms with van der Waals surface area (Å²) in [6.07, 6.45) is 1.67. The van der Waals surface area contributed by atoms with Crippen molar-refractivity contribution >= 4 is 11.6 Å². The van der Waals surface area contributed by atoms with Gasteiger partial charge in [-0.15, -0.1) is 0 Å². The molecule has 0 aliphatic carbocycles. The van der Waals surface area contributed by atoms with Crippen molar-refractivity contribution in [1.29, 1.82) is 5.26 Å². The number of halogens is 1. The number of nitrogens with zero attached hydrogens (tertiary/aromatic N) is 2. The molecule has 1 atom stereocenters. The molecule has 6 heteroatoms. The van der Waals surface area contributed by atoms with Crippen LogP contribution in [0.4, 0.5) is 0 Å². The Morgan fingerprint density at radius 1 is 1.35 bits per heavy atom. The number of benzene rings is 1. The number of pyridine rings is 1. The van der Waals surface area contributed by atoms with Crippen molar-refractivity contribution in [2.45, 2.75) is 39.2 Å². The molecule has 134 valence electrons. The predicted molar refractivity (Wildman–Crippen MR) is 101 cm³/mol. The Labute approximate surface area is 157 Å². The molecule has 1 aromatic heterocycles. The molecule has 1 aliphatic heterocycles. The second-order valence-corrected chi connectivity index (χ2v) is 6.63. The zero-order valence-electron chi connectivity index (χ0n) is 14.8. The summed E-state index contributed by atoms with van der Waals surface area (Å²) in [7, 11) is 0. The molecule has 0 saturated heterocycles. The van der Waals surface area contributed by atoms with Gasteiger partial charge in [-0.25, -0.2) is 0 Å². The summed E-state index contributed by atoms with van der Waals surface area (Å²) in [4.78, 5) is 13.3. The van der Waals surface area contributed by atoms with Crippen LogP contribution in [0.3, 0.4) is 0 Å². The van der Waals surface area contributed by atoms with Crippen LogP contribution in [0.1, 0.15) is 43.0 Å². The van der Waals surface area contributed by atoms with E-state index in [9.17, 15) is 10.1 Å². The first-order valence-corrected chi connectivity index (χ1v) is 8.99. The van der Waals surface area contributed by atoms with E-state index < -0.39 is 5.92 Å². The number of allylic oxidation sites excluding steroid dienone is 1. The van der Waals surface area contributed by atoms with E-state index in [4.69, 9.17) is 22.1 Å². The van der Waals surface area contributed by atoms with Crippen LogP contribution in [-0.4, -0.2) is 4.57 Å². The van der Waals surface area contributed by atoms with Crippen molar-refractivity contribution in [3.05, 3.63) is 74.0 Å². The standard InChI is InChI=1S/C20H20ClN3O2/c1-3-6-14-10-16-18(20(25)24(14)4-2)17(15(11-22)19(23)26-16)12-7-5-8-13(21)9-12/h5,7-10,17H,3-4,6,23H2,1-2H3. The van der Waals surface area contributed by atoms with E-state index in [0.717, 1.165) is 24.1 Å². The summed E-state index contributed by atoms with van der Waals surface area (Å²) in [5.74, 6) is -0.144. The van der Waals surface area contributed by atoms with Gasteiger partial charge in [0.15, 0.2) is 0 Å². The third kappa shape index (κ3) is 2.97. The Bertz CT molecular complexity index is 986. The minimum Gasteiger partial charge on any atom is -0.440 e. The van der Waals surface area contributed by atoms with Crippen molar-refractivity contribution in [2.24, 2.45) is 5.73 Å². The molecule has 1 aromatic carbocycles. The fourth-order valence-corrected chi connectivity index (χ4v) is 3.65. The summed E-state index contributed by atoms with van der Waals surface area (Å²) in [5, 5.41) is 10.2. The van der Waals surface area contributed by atoms with Crippen LogP contribution in [0.5, 0.6) is 5.75 Å². The second kappa shape index (κ2) is 7.27. The molecule has 0 saturated carbocycles. The molecule has 2 N–H and O–H groups in total. The highest BCUT2D eigenvalue weighted by atomic mass is 35.5. The monoisotopic (exact) mass is 369 g/mol. The van der Waals surface area contributed by atoms with Gasteiger partial charge in [0.05, 0.1) is 11.5 Å². The Morgan fingerprint density at radius 3 is 2.73 bits per heavy atom. The molecule has 3 rings (SSSR count). The quantitative estimate of drug-likeness (QED) is 0.891. The highest BCUT2D eigenvalue weighted by molar-refractivity contribution is 6.30. The van der Waals surface area contributed by atoms with Crippen LogP contribution in [0.25, 0.3) is 0 Å². The minimum absolute atomic E-state index is 0.0288. The van der Waals surface area contributed by atoms with Crippen molar-refractivity contribution < 1.29 is 4.74 Å². The van der Waals surface area contributed by atoms with Crippen LogP contribution in [0.15, 0.2) is 46.6 Å². The van der Waals surface area contributed by atoms with Gasteiger partial charge in [0, 0.05) is 23.3 Å². The molecule has 0 radical (unpaired) electrons. The number of rotatable bonds is 4. The summed E-state index contributed by atoms with van der Waals surface area (Å²) in [5.41, 5.74) is 8.15. The zero-order valence-corrected chi connectivity index (χ0v) is 15.5. The maximum absolute atomic E-state index is 13.3. The van der Waals surface area contributed by atoms with Gasteiger partial charge in [-0.05, 0) is 31.0 Å². The molecule has 2 heterocycles. The van der Waals surface area contributed by atoms with E-state index in [1.165, 1.54) is 0 Å². The van der Waals surface area contributed by atoms with Gasteiger partial charge in [0.25, 0.3) is 5.56 Å². The van der Waals surface area contributed by atoms with E-state index in [1.54, 1.807) is 22.8 Å². The SMILES string of the molecule is CCCc1cc2c(c(=O)n1CC)C(c1cccc(Cl)c1)C(C#N)=C(N)O2. The number of aromatic nitrogens is 1. The highest BCUT2D eigenvalue weighted by Gasteiger charge is 2.34.